The summed E-state index contributed by atoms with van der Waals surface area (Å²) in [4.78, 5) is 6.90. The highest BCUT2D eigenvalue weighted by Crippen LogP contribution is 2.12. The van der Waals surface area contributed by atoms with Crippen LogP contribution < -0.4 is 5.32 Å². The van der Waals surface area contributed by atoms with Gasteiger partial charge in [-0.3, -0.25) is 9.88 Å². The van der Waals surface area contributed by atoms with Crippen LogP contribution in [0.25, 0.3) is 0 Å². The molecule has 3 heteroatoms. The average molecular weight is 235 g/mol. The molecule has 0 fully saturated rings. The lowest BCUT2D eigenvalue weighted by Crippen LogP contribution is -2.33. The Labute approximate surface area is 105 Å². The Balaban J connectivity index is 2.71. The number of pyridine rings is 1. The second-order valence-corrected chi connectivity index (χ2v) is 5.20. The maximum atomic E-state index is 4.44. The van der Waals surface area contributed by atoms with E-state index in [4.69, 9.17) is 0 Å². The molecule has 0 radical (unpaired) electrons. The molecule has 3 nitrogen and oxygen atoms in total. The number of hydrogen-bond acceptors (Lipinski definition) is 3. The number of nitrogens with one attached hydrogen (secondary N) is 1. The first-order chi connectivity index (χ1) is 8.02. The van der Waals surface area contributed by atoms with Crippen molar-refractivity contribution < 1.29 is 0 Å². The minimum Gasteiger partial charge on any atom is -0.388 e. The lowest BCUT2D eigenvalue weighted by atomic mass is 10.1. The van der Waals surface area contributed by atoms with Gasteiger partial charge in [0, 0.05) is 38.1 Å². The summed E-state index contributed by atoms with van der Waals surface area (Å²) in [5, 5.41) is 3.15. The van der Waals surface area contributed by atoms with Crippen LogP contribution >= 0.6 is 0 Å². The van der Waals surface area contributed by atoms with Gasteiger partial charge in [-0.2, -0.15) is 0 Å². The van der Waals surface area contributed by atoms with Gasteiger partial charge in [0.05, 0.1) is 5.69 Å². The van der Waals surface area contributed by atoms with Crippen LogP contribution in [0, 0.1) is 5.92 Å². The van der Waals surface area contributed by atoms with Crippen molar-refractivity contribution >= 4 is 5.69 Å². The molecule has 1 N–H and O–H groups in total. The third kappa shape index (κ3) is 4.73. The first kappa shape index (κ1) is 14.0. The van der Waals surface area contributed by atoms with Gasteiger partial charge in [-0.05, 0) is 31.9 Å². The topological polar surface area (TPSA) is 28.2 Å². The molecule has 0 amide bonds. The Kier molecular flexibility index (Phi) is 5.42. The van der Waals surface area contributed by atoms with Crippen LogP contribution in [-0.4, -0.2) is 29.5 Å². The molecule has 1 aromatic heterocycles. The summed E-state index contributed by atoms with van der Waals surface area (Å²) in [6.45, 7) is 11.0. The molecule has 17 heavy (non-hydrogen) atoms. The van der Waals surface area contributed by atoms with Gasteiger partial charge in [-0.25, -0.2) is 0 Å². The van der Waals surface area contributed by atoms with Gasteiger partial charge < -0.3 is 5.32 Å². The number of aromatic nitrogens is 1. The van der Waals surface area contributed by atoms with Gasteiger partial charge in [-0.15, -0.1) is 0 Å². The summed E-state index contributed by atoms with van der Waals surface area (Å²) in [5.74, 6) is 0.685. The first-order valence-electron chi connectivity index (χ1n) is 6.39. The molecule has 0 aromatic carbocycles. The molecule has 0 atom stereocenters. The summed E-state index contributed by atoms with van der Waals surface area (Å²) in [6.07, 6.45) is 1.87. The highest BCUT2D eigenvalue weighted by Gasteiger charge is 2.12. The van der Waals surface area contributed by atoms with Crippen molar-refractivity contribution in [3.63, 3.8) is 0 Å². The number of hydrogen-bond donors (Lipinski definition) is 1. The lowest BCUT2D eigenvalue weighted by Gasteiger charge is -2.27. The van der Waals surface area contributed by atoms with Crippen LogP contribution in [0.4, 0.5) is 5.69 Å². The molecule has 1 rings (SSSR count). The highest BCUT2D eigenvalue weighted by atomic mass is 15.2. The minimum atomic E-state index is 0.553. The molecule has 0 aliphatic rings. The first-order valence-corrected chi connectivity index (χ1v) is 6.39. The van der Waals surface area contributed by atoms with Crippen molar-refractivity contribution in [1.29, 1.82) is 0 Å². The van der Waals surface area contributed by atoms with Crippen molar-refractivity contribution in [2.75, 3.05) is 18.9 Å². The van der Waals surface area contributed by atoms with Gasteiger partial charge >= 0.3 is 0 Å². The maximum Gasteiger partial charge on any atom is 0.0564 e. The summed E-state index contributed by atoms with van der Waals surface area (Å²) < 4.78 is 0. The van der Waals surface area contributed by atoms with Crippen molar-refractivity contribution in [3.8, 4) is 0 Å². The van der Waals surface area contributed by atoms with Crippen LogP contribution in [0.15, 0.2) is 18.3 Å². The second kappa shape index (κ2) is 6.60. The van der Waals surface area contributed by atoms with E-state index in [1.54, 1.807) is 0 Å². The standard InChI is InChI=1S/C14H25N3/c1-11(2)9-17(12(3)4)10-14-8-13(15-5)6-7-16-14/h6-8,11-12H,9-10H2,1-5H3,(H,15,16). The SMILES string of the molecule is CNc1ccnc(CN(CC(C)C)C(C)C)c1. The largest absolute Gasteiger partial charge is 0.388 e. The Bertz CT molecular complexity index is 334. The van der Waals surface area contributed by atoms with Crippen molar-refractivity contribution in [2.24, 2.45) is 5.92 Å². The van der Waals surface area contributed by atoms with Crippen molar-refractivity contribution in [1.82, 2.24) is 9.88 Å². The Morgan fingerprint density at radius 3 is 2.53 bits per heavy atom. The van der Waals surface area contributed by atoms with E-state index in [9.17, 15) is 0 Å². The van der Waals surface area contributed by atoms with E-state index in [0.29, 0.717) is 12.0 Å². The van der Waals surface area contributed by atoms with Gasteiger partial charge in [0.25, 0.3) is 0 Å². The molecule has 0 bridgehead atoms. The Morgan fingerprint density at radius 1 is 1.29 bits per heavy atom. The molecule has 1 heterocycles. The lowest BCUT2D eigenvalue weighted by molar-refractivity contribution is 0.187. The Morgan fingerprint density at radius 2 is 2.00 bits per heavy atom. The third-order valence-electron chi connectivity index (χ3n) is 2.80. The van der Waals surface area contributed by atoms with Crippen LogP contribution in [0.1, 0.15) is 33.4 Å². The van der Waals surface area contributed by atoms with E-state index >= 15 is 0 Å². The zero-order chi connectivity index (χ0) is 12.8. The van der Waals surface area contributed by atoms with Crippen molar-refractivity contribution in [3.05, 3.63) is 24.0 Å². The zero-order valence-corrected chi connectivity index (χ0v) is 11.7. The third-order valence-corrected chi connectivity index (χ3v) is 2.80. The summed E-state index contributed by atoms with van der Waals surface area (Å²) in [5.41, 5.74) is 2.26. The summed E-state index contributed by atoms with van der Waals surface area (Å²) in [6, 6.07) is 4.67. The van der Waals surface area contributed by atoms with Crippen LogP contribution in [0.5, 0.6) is 0 Å². The molecular weight excluding hydrogens is 210 g/mol. The second-order valence-electron chi connectivity index (χ2n) is 5.20. The smallest absolute Gasteiger partial charge is 0.0564 e. The maximum absolute atomic E-state index is 4.44. The van der Waals surface area contributed by atoms with Gasteiger partial charge in [-0.1, -0.05) is 13.8 Å². The predicted octanol–water partition coefficient (Wildman–Crippen LogP) is 2.99. The zero-order valence-electron chi connectivity index (χ0n) is 11.7. The van der Waals surface area contributed by atoms with Crippen LogP contribution in [0.3, 0.4) is 0 Å². The molecule has 1 aromatic rings. The van der Waals surface area contributed by atoms with E-state index < -0.39 is 0 Å². The summed E-state index contributed by atoms with van der Waals surface area (Å²) in [7, 11) is 1.94. The van der Waals surface area contributed by atoms with Crippen LogP contribution in [0.2, 0.25) is 0 Å². The molecule has 0 unspecified atom stereocenters. The fraction of sp³-hybridized carbons (Fsp3) is 0.643. The predicted molar refractivity (Wildman–Crippen MR) is 74.2 cm³/mol. The van der Waals surface area contributed by atoms with Crippen molar-refractivity contribution in [2.45, 2.75) is 40.3 Å². The molecule has 96 valence electrons. The minimum absolute atomic E-state index is 0.553. The molecule has 0 spiro atoms. The van der Waals surface area contributed by atoms with Gasteiger partial charge in [0.2, 0.25) is 0 Å². The number of rotatable bonds is 6. The average Bonchev–Trinajstić information content (AvgIpc) is 2.27. The van der Waals surface area contributed by atoms with Crippen LogP contribution in [-0.2, 0) is 6.54 Å². The normalized spacial score (nSPS) is 11.5. The number of nitrogens with zero attached hydrogens (tertiary/aromatic N) is 2. The highest BCUT2D eigenvalue weighted by molar-refractivity contribution is 5.42. The molecule has 0 aliphatic carbocycles. The van der Waals surface area contributed by atoms with Gasteiger partial charge in [0.15, 0.2) is 0 Å². The molecule has 0 aliphatic heterocycles. The van der Waals surface area contributed by atoms with E-state index in [2.05, 4.69) is 49.0 Å². The number of anilines is 1. The monoisotopic (exact) mass is 235 g/mol. The molecule has 0 saturated heterocycles. The Hall–Kier alpha value is -1.09. The fourth-order valence-corrected chi connectivity index (χ4v) is 1.86. The van der Waals surface area contributed by atoms with Gasteiger partial charge in [0.1, 0.15) is 0 Å². The van der Waals surface area contributed by atoms with E-state index in [1.807, 2.05) is 19.3 Å². The fourth-order valence-electron chi connectivity index (χ4n) is 1.86. The van der Waals surface area contributed by atoms with E-state index in [-0.39, 0.29) is 0 Å². The molecule has 0 saturated carbocycles. The van der Waals surface area contributed by atoms with E-state index in [0.717, 1.165) is 24.5 Å². The quantitative estimate of drug-likeness (QED) is 0.821. The van der Waals surface area contributed by atoms with E-state index in [1.165, 1.54) is 0 Å². The summed E-state index contributed by atoms with van der Waals surface area (Å²) >= 11 is 0. The molecular formula is C14H25N3.